The quantitative estimate of drug-likeness (QED) is 0.547. The van der Waals surface area contributed by atoms with Crippen molar-refractivity contribution in [1.82, 2.24) is 25.5 Å². The molecule has 2 heterocycles. The van der Waals surface area contributed by atoms with Gasteiger partial charge in [-0.3, -0.25) is 14.5 Å². The van der Waals surface area contributed by atoms with Crippen LogP contribution in [0.1, 0.15) is 26.5 Å². The normalized spacial score (nSPS) is 14.1. The van der Waals surface area contributed by atoms with Crippen molar-refractivity contribution in [2.45, 2.75) is 6.54 Å². The summed E-state index contributed by atoms with van der Waals surface area (Å²) in [5, 5.41) is 13.1. The van der Waals surface area contributed by atoms with E-state index >= 15 is 0 Å². The van der Waals surface area contributed by atoms with Gasteiger partial charge in [0, 0.05) is 5.69 Å². The largest absolute Gasteiger partial charge is 0.398 e. The molecule has 3 N–H and O–H groups in total. The maximum Gasteiger partial charge on any atom is 0.264 e. The number of fused-ring (bicyclic) bond motifs is 1. The van der Waals surface area contributed by atoms with Crippen LogP contribution in [0.5, 0.6) is 0 Å². The van der Waals surface area contributed by atoms with Gasteiger partial charge in [-0.1, -0.05) is 11.3 Å². The van der Waals surface area contributed by atoms with Crippen LogP contribution in [0.25, 0.3) is 0 Å². The van der Waals surface area contributed by atoms with Crippen molar-refractivity contribution in [3.05, 3.63) is 35.2 Å². The predicted molar refractivity (Wildman–Crippen MR) is 59.2 cm³/mol. The molecular weight excluding hydrogens is 236 g/mol. The molecule has 0 bridgehead atoms. The molecule has 1 aromatic heterocycles. The maximum atomic E-state index is 12.1. The van der Waals surface area contributed by atoms with Gasteiger partial charge in [0.1, 0.15) is 0 Å². The van der Waals surface area contributed by atoms with Crippen LogP contribution in [0.3, 0.4) is 0 Å². The van der Waals surface area contributed by atoms with Gasteiger partial charge in [0.15, 0.2) is 5.82 Å². The Labute approximate surface area is 101 Å². The lowest BCUT2D eigenvalue weighted by atomic mass is 10.1. The van der Waals surface area contributed by atoms with Crippen LogP contribution in [-0.4, -0.2) is 37.3 Å². The van der Waals surface area contributed by atoms with E-state index in [2.05, 4.69) is 20.6 Å². The van der Waals surface area contributed by atoms with Gasteiger partial charge in [-0.15, -0.1) is 10.2 Å². The van der Waals surface area contributed by atoms with E-state index in [1.165, 1.54) is 0 Å². The molecule has 8 nitrogen and oxygen atoms in total. The lowest BCUT2D eigenvalue weighted by Crippen LogP contribution is -2.29. The number of H-pyrrole nitrogens is 1. The lowest BCUT2D eigenvalue weighted by molar-refractivity contribution is 0.0638. The summed E-state index contributed by atoms with van der Waals surface area (Å²) in [6.45, 7) is -0.0255. The highest BCUT2D eigenvalue weighted by molar-refractivity contribution is 6.23. The van der Waals surface area contributed by atoms with Crippen LogP contribution in [0.2, 0.25) is 0 Å². The van der Waals surface area contributed by atoms with Crippen LogP contribution in [0, 0.1) is 0 Å². The van der Waals surface area contributed by atoms with Crippen LogP contribution < -0.4 is 5.73 Å². The van der Waals surface area contributed by atoms with E-state index in [-0.39, 0.29) is 17.9 Å². The van der Waals surface area contributed by atoms with Crippen molar-refractivity contribution in [1.29, 1.82) is 0 Å². The van der Waals surface area contributed by atoms with Crippen molar-refractivity contribution in [3.8, 4) is 0 Å². The summed E-state index contributed by atoms with van der Waals surface area (Å²) in [7, 11) is 0. The summed E-state index contributed by atoms with van der Waals surface area (Å²) in [4.78, 5) is 25.2. The maximum absolute atomic E-state index is 12.1. The Morgan fingerprint density at radius 3 is 2.78 bits per heavy atom. The molecule has 2 aromatic rings. The summed E-state index contributed by atoms with van der Waals surface area (Å²) >= 11 is 0. The van der Waals surface area contributed by atoms with Crippen molar-refractivity contribution in [3.63, 3.8) is 0 Å². The first-order chi connectivity index (χ1) is 8.68. The molecule has 18 heavy (non-hydrogen) atoms. The van der Waals surface area contributed by atoms with Crippen LogP contribution in [0.15, 0.2) is 18.2 Å². The van der Waals surface area contributed by atoms with E-state index in [0.717, 1.165) is 4.90 Å². The number of anilines is 1. The predicted octanol–water partition coefficient (Wildman–Crippen LogP) is -0.422. The molecule has 1 aliphatic rings. The Hall–Kier alpha value is -2.77. The van der Waals surface area contributed by atoms with Crippen molar-refractivity contribution in [2.75, 3.05) is 5.73 Å². The zero-order valence-electron chi connectivity index (χ0n) is 9.12. The zero-order valence-corrected chi connectivity index (χ0v) is 9.12. The fraction of sp³-hybridized carbons (Fsp3) is 0.100. The van der Waals surface area contributed by atoms with E-state index < -0.39 is 11.8 Å². The van der Waals surface area contributed by atoms with Crippen LogP contribution in [0.4, 0.5) is 5.69 Å². The summed E-state index contributed by atoms with van der Waals surface area (Å²) in [5.41, 5.74) is 6.55. The highest BCUT2D eigenvalue weighted by atomic mass is 16.2. The van der Waals surface area contributed by atoms with E-state index in [0.29, 0.717) is 11.3 Å². The number of carbonyl (C=O) groups excluding carboxylic acids is 2. The Balaban J connectivity index is 2.00. The van der Waals surface area contributed by atoms with Crippen molar-refractivity contribution in [2.24, 2.45) is 0 Å². The number of amides is 2. The number of aromatic nitrogens is 4. The molecule has 90 valence electrons. The third-order valence-electron chi connectivity index (χ3n) is 2.72. The number of imide groups is 1. The van der Waals surface area contributed by atoms with Gasteiger partial charge in [-0.2, -0.15) is 5.21 Å². The molecule has 0 saturated carbocycles. The smallest absolute Gasteiger partial charge is 0.264 e. The van der Waals surface area contributed by atoms with Gasteiger partial charge in [0.25, 0.3) is 11.8 Å². The highest BCUT2D eigenvalue weighted by Crippen LogP contribution is 2.28. The molecule has 0 aliphatic carbocycles. The second-order valence-electron chi connectivity index (χ2n) is 3.79. The number of nitrogens with zero attached hydrogens (tertiary/aromatic N) is 4. The molecule has 8 heteroatoms. The summed E-state index contributed by atoms with van der Waals surface area (Å²) in [5.74, 6) is -0.562. The fourth-order valence-corrected chi connectivity index (χ4v) is 1.89. The number of carbonyl (C=O) groups is 2. The number of nitrogens with one attached hydrogen (secondary N) is 1. The highest BCUT2D eigenvalue weighted by Gasteiger charge is 2.37. The van der Waals surface area contributed by atoms with E-state index in [1.54, 1.807) is 18.2 Å². The molecule has 3 rings (SSSR count). The van der Waals surface area contributed by atoms with Gasteiger partial charge in [-0.05, 0) is 12.1 Å². The van der Waals surface area contributed by atoms with E-state index in [9.17, 15) is 9.59 Å². The molecule has 1 aliphatic heterocycles. The molecular formula is C10H8N6O2. The SMILES string of the molecule is Nc1cccc2c1C(=O)N(Cc1nn[nH]n1)C2=O. The topological polar surface area (TPSA) is 118 Å². The van der Waals surface area contributed by atoms with Gasteiger partial charge < -0.3 is 5.73 Å². The van der Waals surface area contributed by atoms with Gasteiger partial charge in [0.2, 0.25) is 0 Å². The fourth-order valence-electron chi connectivity index (χ4n) is 1.89. The van der Waals surface area contributed by atoms with Gasteiger partial charge >= 0.3 is 0 Å². The molecule has 0 atom stereocenters. The van der Waals surface area contributed by atoms with Gasteiger partial charge in [-0.25, -0.2) is 0 Å². The Kier molecular flexibility index (Phi) is 2.09. The van der Waals surface area contributed by atoms with Gasteiger partial charge in [0.05, 0.1) is 17.7 Å². The lowest BCUT2D eigenvalue weighted by Gasteiger charge is -2.10. The third-order valence-corrected chi connectivity index (χ3v) is 2.72. The summed E-state index contributed by atoms with van der Waals surface area (Å²) in [6.07, 6.45) is 0. The standard InChI is InChI=1S/C10H8N6O2/c11-6-3-1-2-5-8(6)10(18)16(9(5)17)4-7-12-14-15-13-7/h1-3H,4,11H2,(H,12,13,14,15). The Morgan fingerprint density at radius 1 is 1.28 bits per heavy atom. The molecule has 0 radical (unpaired) electrons. The molecule has 2 amide bonds. The monoisotopic (exact) mass is 244 g/mol. The third kappa shape index (κ3) is 1.35. The minimum absolute atomic E-state index is 0.0255. The van der Waals surface area contributed by atoms with Crippen molar-refractivity contribution < 1.29 is 9.59 Å². The first kappa shape index (κ1) is 10.4. The molecule has 0 fully saturated rings. The molecule has 0 spiro atoms. The number of rotatable bonds is 2. The first-order valence-electron chi connectivity index (χ1n) is 5.15. The molecule has 1 aromatic carbocycles. The number of hydrogen-bond acceptors (Lipinski definition) is 6. The minimum Gasteiger partial charge on any atom is -0.398 e. The Morgan fingerprint density at radius 2 is 2.11 bits per heavy atom. The summed E-state index contributed by atoms with van der Waals surface area (Å²) in [6, 6.07) is 4.79. The second kappa shape index (κ2) is 3.62. The number of hydrogen-bond donors (Lipinski definition) is 2. The van der Waals surface area contributed by atoms with E-state index in [4.69, 9.17) is 5.73 Å². The second-order valence-corrected chi connectivity index (χ2v) is 3.79. The number of aromatic amines is 1. The average Bonchev–Trinajstić information content (AvgIpc) is 2.94. The molecule has 0 saturated heterocycles. The number of tetrazole rings is 1. The minimum atomic E-state index is -0.432. The van der Waals surface area contributed by atoms with Crippen LogP contribution in [-0.2, 0) is 6.54 Å². The average molecular weight is 244 g/mol. The number of benzene rings is 1. The first-order valence-corrected chi connectivity index (χ1v) is 5.15. The van der Waals surface area contributed by atoms with Crippen molar-refractivity contribution >= 4 is 17.5 Å². The number of nitrogen functional groups attached to an aromatic ring is 1. The number of nitrogens with two attached hydrogens (primary N) is 1. The summed E-state index contributed by atoms with van der Waals surface area (Å²) < 4.78 is 0. The van der Waals surface area contributed by atoms with E-state index in [1.807, 2.05) is 0 Å². The van der Waals surface area contributed by atoms with Crippen LogP contribution >= 0.6 is 0 Å². The zero-order chi connectivity index (χ0) is 12.7. The molecule has 0 unspecified atom stereocenters. The Bertz CT molecular complexity index is 636.